The number of ketones is 1. The van der Waals surface area contributed by atoms with Crippen LogP contribution in [0.25, 0.3) is 0 Å². The Labute approximate surface area is 95.7 Å². The van der Waals surface area contributed by atoms with Crippen LogP contribution in [0.5, 0.6) is 0 Å². The van der Waals surface area contributed by atoms with Crippen LogP contribution in [0.15, 0.2) is 29.2 Å². The molecule has 1 aromatic rings. The summed E-state index contributed by atoms with van der Waals surface area (Å²) >= 11 is 0. The lowest BCUT2D eigenvalue weighted by Crippen LogP contribution is -2.19. The van der Waals surface area contributed by atoms with Crippen LogP contribution in [0.2, 0.25) is 0 Å². The third-order valence-electron chi connectivity index (χ3n) is 2.22. The number of hydrogen-bond acceptors (Lipinski definition) is 3. The van der Waals surface area contributed by atoms with Gasteiger partial charge in [-0.25, -0.2) is 13.1 Å². The van der Waals surface area contributed by atoms with Gasteiger partial charge in [-0.15, -0.1) is 0 Å². The predicted octanol–water partition coefficient (Wildman–Crippen LogP) is 1.43. The molecule has 1 rings (SSSR count). The van der Waals surface area contributed by atoms with Crippen LogP contribution in [0.3, 0.4) is 0 Å². The Hall–Kier alpha value is -1.20. The first-order chi connectivity index (χ1) is 7.38. The van der Waals surface area contributed by atoms with Gasteiger partial charge in [0, 0.05) is 11.5 Å². The van der Waals surface area contributed by atoms with Crippen molar-refractivity contribution in [3.8, 4) is 0 Å². The second-order valence-electron chi connectivity index (χ2n) is 3.75. The lowest BCUT2D eigenvalue weighted by Gasteiger charge is -2.06. The van der Waals surface area contributed by atoms with E-state index < -0.39 is 10.0 Å². The molecule has 0 unspecified atom stereocenters. The minimum absolute atomic E-state index is 0.0619. The molecule has 0 amide bonds. The average Bonchev–Trinajstić information content (AvgIpc) is 2.28. The van der Waals surface area contributed by atoms with Crippen LogP contribution in [-0.4, -0.2) is 21.2 Å². The minimum Gasteiger partial charge on any atom is -0.294 e. The van der Waals surface area contributed by atoms with Crippen molar-refractivity contribution >= 4 is 15.8 Å². The summed E-state index contributed by atoms with van der Waals surface area (Å²) in [6, 6.07) is 6.05. The lowest BCUT2D eigenvalue weighted by molar-refractivity contribution is 0.0939. The maximum Gasteiger partial charge on any atom is 0.240 e. The summed E-state index contributed by atoms with van der Waals surface area (Å²) < 4.78 is 25.3. The van der Waals surface area contributed by atoms with E-state index in [9.17, 15) is 13.2 Å². The molecular weight excluding hydrogens is 226 g/mol. The highest BCUT2D eigenvalue weighted by atomic mass is 32.2. The molecule has 4 nitrogen and oxygen atoms in total. The summed E-state index contributed by atoms with van der Waals surface area (Å²) in [6.07, 6.45) is 0. The van der Waals surface area contributed by atoms with Crippen molar-refractivity contribution in [2.75, 3.05) is 7.05 Å². The van der Waals surface area contributed by atoms with E-state index in [0.29, 0.717) is 5.56 Å². The number of carbonyl (C=O) groups excluding carboxylic acids is 1. The van der Waals surface area contributed by atoms with E-state index in [1.54, 1.807) is 26.0 Å². The van der Waals surface area contributed by atoms with E-state index in [2.05, 4.69) is 4.72 Å². The Bertz CT molecular complexity index is 492. The standard InChI is InChI=1S/C11H15NO3S/c1-8(2)11(13)9-5-4-6-10(7-9)16(14,15)12-3/h4-8,12H,1-3H3. The predicted molar refractivity (Wildman–Crippen MR) is 61.9 cm³/mol. The van der Waals surface area contributed by atoms with Crippen LogP contribution >= 0.6 is 0 Å². The van der Waals surface area contributed by atoms with Crippen molar-refractivity contribution in [3.05, 3.63) is 29.8 Å². The number of rotatable bonds is 4. The van der Waals surface area contributed by atoms with Gasteiger partial charge in [-0.05, 0) is 19.2 Å². The average molecular weight is 241 g/mol. The van der Waals surface area contributed by atoms with E-state index in [4.69, 9.17) is 0 Å². The first-order valence-electron chi connectivity index (χ1n) is 4.96. The van der Waals surface area contributed by atoms with Gasteiger partial charge in [-0.1, -0.05) is 26.0 Å². The summed E-state index contributed by atoms with van der Waals surface area (Å²) in [5, 5.41) is 0. The molecule has 0 atom stereocenters. The maximum absolute atomic E-state index is 11.7. The van der Waals surface area contributed by atoms with Crippen LogP contribution < -0.4 is 4.72 Å². The number of carbonyl (C=O) groups is 1. The molecule has 0 spiro atoms. The van der Waals surface area contributed by atoms with Crippen LogP contribution in [0.1, 0.15) is 24.2 Å². The fourth-order valence-electron chi connectivity index (χ4n) is 1.27. The molecule has 0 aromatic heterocycles. The van der Waals surface area contributed by atoms with Crippen LogP contribution in [-0.2, 0) is 10.0 Å². The monoisotopic (exact) mass is 241 g/mol. The van der Waals surface area contributed by atoms with Crippen molar-refractivity contribution in [2.24, 2.45) is 5.92 Å². The lowest BCUT2D eigenvalue weighted by atomic mass is 10.0. The third-order valence-corrected chi connectivity index (χ3v) is 3.63. The van der Waals surface area contributed by atoms with E-state index in [1.165, 1.54) is 19.2 Å². The summed E-state index contributed by atoms with van der Waals surface area (Å²) in [6.45, 7) is 3.56. The SMILES string of the molecule is CNS(=O)(=O)c1cccc(C(=O)C(C)C)c1. The molecule has 0 aliphatic rings. The number of Topliss-reactive ketones (excluding diaryl/α,β-unsaturated/α-hetero) is 1. The largest absolute Gasteiger partial charge is 0.294 e. The van der Waals surface area contributed by atoms with Gasteiger partial charge < -0.3 is 0 Å². The molecule has 16 heavy (non-hydrogen) atoms. The van der Waals surface area contributed by atoms with Gasteiger partial charge in [0.25, 0.3) is 0 Å². The van der Waals surface area contributed by atoms with Crippen molar-refractivity contribution in [1.29, 1.82) is 0 Å². The van der Waals surface area contributed by atoms with Crippen molar-refractivity contribution in [1.82, 2.24) is 4.72 Å². The van der Waals surface area contributed by atoms with Gasteiger partial charge in [0.15, 0.2) is 5.78 Å². The van der Waals surface area contributed by atoms with Crippen molar-refractivity contribution < 1.29 is 13.2 Å². The highest BCUT2D eigenvalue weighted by Gasteiger charge is 2.15. The van der Waals surface area contributed by atoms with Gasteiger partial charge in [-0.2, -0.15) is 0 Å². The van der Waals surface area contributed by atoms with Gasteiger partial charge in [0.2, 0.25) is 10.0 Å². The normalized spacial score (nSPS) is 11.8. The molecule has 0 saturated heterocycles. The Balaban J connectivity index is 3.20. The van der Waals surface area contributed by atoms with E-state index in [1.807, 2.05) is 0 Å². The van der Waals surface area contributed by atoms with Gasteiger partial charge in [-0.3, -0.25) is 4.79 Å². The van der Waals surface area contributed by atoms with Crippen molar-refractivity contribution in [3.63, 3.8) is 0 Å². The molecule has 1 aromatic carbocycles. The van der Waals surface area contributed by atoms with Crippen LogP contribution in [0, 0.1) is 5.92 Å². The first kappa shape index (κ1) is 12.9. The number of nitrogens with one attached hydrogen (secondary N) is 1. The highest BCUT2D eigenvalue weighted by Crippen LogP contribution is 2.14. The molecule has 5 heteroatoms. The summed E-state index contributed by atoms with van der Waals surface area (Å²) in [4.78, 5) is 11.8. The molecule has 0 aliphatic carbocycles. The Morgan fingerprint density at radius 3 is 2.44 bits per heavy atom. The van der Waals surface area contributed by atoms with E-state index in [-0.39, 0.29) is 16.6 Å². The molecule has 0 bridgehead atoms. The van der Waals surface area contributed by atoms with E-state index in [0.717, 1.165) is 0 Å². The molecule has 0 saturated carbocycles. The second kappa shape index (κ2) is 4.76. The topological polar surface area (TPSA) is 63.2 Å². The second-order valence-corrected chi connectivity index (χ2v) is 5.64. The molecular formula is C11H15NO3S. The summed E-state index contributed by atoms with van der Waals surface area (Å²) in [5.74, 6) is -0.208. The van der Waals surface area contributed by atoms with Gasteiger partial charge in [0.1, 0.15) is 0 Å². The summed E-state index contributed by atoms with van der Waals surface area (Å²) in [5.41, 5.74) is 0.423. The smallest absolute Gasteiger partial charge is 0.240 e. The number of hydrogen-bond donors (Lipinski definition) is 1. The van der Waals surface area contributed by atoms with E-state index >= 15 is 0 Å². The molecule has 0 aliphatic heterocycles. The first-order valence-corrected chi connectivity index (χ1v) is 6.44. The zero-order valence-corrected chi connectivity index (χ0v) is 10.3. The molecule has 0 heterocycles. The molecule has 0 fully saturated rings. The maximum atomic E-state index is 11.7. The Morgan fingerprint density at radius 2 is 1.94 bits per heavy atom. The quantitative estimate of drug-likeness (QED) is 0.811. The minimum atomic E-state index is -3.48. The highest BCUT2D eigenvalue weighted by molar-refractivity contribution is 7.89. The Kier molecular flexibility index (Phi) is 3.83. The van der Waals surface area contributed by atoms with Gasteiger partial charge >= 0.3 is 0 Å². The third kappa shape index (κ3) is 2.68. The Morgan fingerprint density at radius 1 is 1.31 bits per heavy atom. The van der Waals surface area contributed by atoms with Crippen LogP contribution in [0.4, 0.5) is 0 Å². The zero-order valence-electron chi connectivity index (χ0n) is 9.52. The van der Waals surface area contributed by atoms with Crippen molar-refractivity contribution in [2.45, 2.75) is 18.7 Å². The van der Waals surface area contributed by atoms with Gasteiger partial charge in [0.05, 0.1) is 4.90 Å². The number of benzene rings is 1. The zero-order chi connectivity index (χ0) is 12.3. The fraction of sp³-hybridized carbons (Fsp3) is 0.364. The number of sulfonamides is 1. The molecule has 88 valence electrons. The summed E-state index contributed by atoms with van der Waals surface area (Å²) in [7, 11) is -2.14. The molecule has 1 N–H and O–H groups in total. The fourth-order valence-corrected chi connectivity index (χ4v) is 2.04. The molecule has 0 radical (unpaired) electrons.